The van der Waals surface area contributed by atoms with Crippen LogP contribution in [0.4, 0.5) is 0 Å². The summed E-state index contributed by atoms with van der Waals surface area (Å²) >= 11 is 0. The lowest BCUT2D eigenvalue weighted by atomic mass is 9.92. The third kappa shape index (κ3) is 7.65. The van der Waals surface area contributed by atoms with Crippen molar-refractivity contribution in [3.05, 3.63) is 53.4 Å². The van der Waals surface area contributed by atoms with Crippen LogP contribution in [0, 0.1) is 17.8 Å². The number of para-hydroxylation sites is 1. The molecule has 0 aliphatic heterocycles. The number of carbonyl (C=O) groups is 4. The fourth-order valence-corrected chi connectivity index (χ4v) is 4.13. The Morgan fingerprint density at radius 1 is 0.973 bits per heavy atom. The summed E-state index contributed by atoms with van der Waals surface area (Å²) < 4.78 is 0. The van der Waals surface area contributed by atoms with Crippen LogP contribution in [0.5, 0.6) is 0 Å². The zero-order chi connectivity index (χ0) is 27.9. The van der Waals surface area contributed by atoms with Gasteiger partial charge in [0.15, 0.2) is 0 Å². The molecule has 2 unspecified atom stereocenters. The van der Waals surface area contributed by atoms with Crippen molar-refractivity contribution in [1.29, 1.82) is 0 Å². The second-order valence-electron chi connectivity index (χ2n) is 10.3. The molecule has 4 amide bonds. The average Bonchev–Trinajstić information content (AvgIpc) is 3.17. The number of fused-ring (bicyclic) bond motifs is 1. The van der Waals surface area contributed by atoms with Crippen molar-refractivity contribution < 1.29 is 19.2 Å². The van der Waals surface area contributed by atoms with Crippen LogP contribution >= 0.6 is 0 Å². The van der Waals surface area contributed by atoms with Gasteiger partial charge in [0.2, 0.25) is 17.7 Å². The summed E-state index contributed by atoms with van der Waals surface area (Å²) in [6, 6.07) is 7.08. The molecule has 1 heterocycles. The van der Waals surface area contributed by atoms with E-state index >= 15 is 0 Å². The minimum absolute atomic E-state index is 0.224. The minimum Gasteiger partial charge on any atom is -0.358 e. The zero-order valence-corrected chi connectivity index (χ0v) is 23.1. The number of allylic oxidation sites excluding steroid dienone is 2. The maximum absolute atomic E-state index is 13.2. The molecule has 0 saturated heterocycles. The predicted molar refractivity (Wildman–Crippen MR) is 147 cm³/mol. The van der Waals surface area contributed by atoms with E-state index in [-0.39, 0.29) is 17.7 Å². The van der Waals surface area contributed by atoms with E-state index in [9.17, 15) is 19.2 Å². The van der Waals surface area contributed by atoms with Gasteiger partial charge in [-0.2, -0.15) is 0 Å². The maximum Gasteiger partial charge on any atom is 0.251 e. The number of H-pyrrole nitrogens is 1. The number of amides is 4. The lowest BCUT2D eigenvalue weighted by Gasteiger charge is -2.28. The van der Waals surface area contributed by atoms with Gasteiger partial charge < -0.3 is 15.6 Å². The summed E-state index contributed by atoms with van der Waals surface area (Å²) in [4.78, 5) is 55.3. The Morgan fingerprint density at radius 2 is 1.62 bits per heavy atom. The van der Waals surface area contributed by atoms with Gasteiger partial charge >= 0.3 is 0 Å². The van der Waals surface area contributed by atoms with Crippen LogP contribution in [0.25, 0.3) is 17.0 Å². The van der Waals surface area contributed by atoms with Crippen molar-refractivity contribution in [3.63, 3.8) is 0 Å². The molecule has 2 atom stereocenters. The molecule has 8 nitrogen and oxygen atoms in total. The third-order valence-corrected chi connectivity index (χ3v) is 6.19. The van der Waals surface area contributed by atoms with Gasteiger partial charge in [-0.15, -0.1) is 0 Å². The van der Waals surface area contributed by atoms with Gasteiger partial charge in [-0.25, -0.2) is 0 Å². The molecule has 200 valence electrons. The van der Waals surface area contributed by atoms with E-state index in [4.69, 9.17) is 0 Å². The molecule has 0 bridgehead atoms. The highest BCUT2D eigenvalue weighted by molar-refractivity contribution is 6.08. The molecule has 2 rings (SSSR count). The van der Waals surface area contributed by atoms with Crippen LogP contribution < -0.4 is 10.6 Å². The van der Waals surface area contributed by atoms with Gasteiger partial charge in [0.05, 0.1) is 0 Å². The lowest BCUT2D eigenvalue weighted by molar-refractivity contribution is -0.151. The Bertz CT molecular complexity index is 1200. The van der Waals surface area contributed by atoms with Crippen LogP contribution in [-0.4, -0.2) is 46.6 Å². The van der Waals surface area contributed by atoms with E-state index in [0.717, 1.165) is 33.5 Å². The zero-order valence-electron chi connectivity index (χ0n) is 23.1. The Morgan fingerprint density at radius 3 is 2.19 bits per heavy atom. The molecule has 0 saturated carbocycles. The van der Waals surface area contributed by atoms with Crippen molar-refractivity contribution in [3.8, 4) is 0 Å². The van der Waals surface area contributed by atoms with Crippen molar-refractivity contribution >= 4 is 40.6 Å². The number of hydrogen-bond donors (Lipinski definition) is 3. The molecule has 2 aromatic rings. The topological polar surface area (TPSA) is 111 Å². The summed E-state index contributed by atoms with van der Waals surface area (Å²) in [5, 5.41) is 6.37. The molecule has 37 heavy (non-hydrogen) atoms. The average molecular weight is 509 g/mol. The van der Waals surface area contributed by atoms with Crippen LogP contribution in [0.15, 0.2) is 42.1 Å². The van der Waals surface area contributed by atoms with Crippen molar-refractivity contribution in [1.82, 2.24) is 20.5 Å². The van der Waals surface area contributed by atoms with Crippen LogP contribution in [0.3, 0.4) is 0 Å². The van der Waals surface area contributed by atoms with Gasteiger partial charge in [0.25, 0.3) is 5.91 Å². The second-order valence-corrected chi connectivity index (χ2v) is 10.3. The number of imide groups is 1. The number of likely N-dealkylation sites (N-methyl/N-ethyl adjacent to an activating group) is 1. The Kier molecular flexibility index (Phi) is 10.4. The first-order chi connectivity index (χ1) is 17.3. The van der Waals surface area contributed by atoms with Crippen LogP contribution in [0.1, 0.15) is 59.7 Å². The van der Waals surface area contributed by atoms with Crippen LogP contribution in [-0.2, 0) is 25.6 Å². The molecular weight excluding hydrogens is 468 g/mol. The predicted octanol–water partition coefficient (Wildman–Crippen LogP) is 4.18. The van der Waals surface area contributed by atoms with E-state index in [1.807, 2.05) is 44.2 Å². The monoisotopic (exact) mass is 508 g/mol. The number of hydrogen-bond acceptors (Lipinski definition) is 4. The maximum atomic E-state index is 13.2. The number of carbonyl (C=O) groups excluding carboxylic acids is 4. The lowest BCUT2D eigenvalue weighted by Crippen LogP contribution is -2.54. The number of aromatic nitrogens is 1. The molecule has 3 N–H and O–H groups in total. The van der Waals surface area contributed by atoms with Gasteiger partial charge in [0, 0.05) is 48.8 Å². The number of nitrogens with one attached hydrogen (secondary N) is 3. The smallest absolute Gasteiger partial charge is 0.251 e. The van der Waals surface area contributed by atoms with Crippen molar-refractivity contribution in [2.75, 3.05) is 7.05 Å². The summed E-state index contributed by atoms with van der Waals surface area (Å²) in [5.41, 5.74) is 4.19. The second kappa shape index (κ2) is 13.0. The van der Waals surface area contributed by atoms with Crippen LogP contribution in [0.2, 0.25) is 0 Å². The standard InChI is InChI=1S/C29H40N4O4/c1-17(2)13-14-24-22(21-11-9-10-12-23(21)32-24)15-16-30-27(35)25(18(3)4)28(36)33(8)29(37)26(19(5)6)31-20(7)34/h9-13,15-16,18-19,25-26,32H,14H2,1-8H3,(H,30,35)(H,31,34)/b16-15-. The third-order valence-electron chi connectivity index (χ3n) is 6.19. The molecule has 8 heteroatoms. The first kappa shape index (κ1) is 29.5. The largest absolute Gasteiger partial charge is 0.358 e. The van der Waals surface area contributed by atoms with E-state index in [2.05, 4.69) is 21.7 Å². The molecule has 0 fully saturated rings. The summed E-state index contributed by atoms with van der Waals surface area (Å²) in [6.45, 7) is 12.5. The molecule has 0 aliphatic rings. The number of benzene rings is 1. The van der Waals surface area contributed by atoms with E-state index < -0.39 is 29.7 Å². The summed E-state index contributed by atoms with van der Waals surface area (Å²) in [5.74, 6) is -3.67. The number of rotatable bonds is 10. The fourth-order valence-electron chi connectivity index (χ4n) is 4.13. The van der Waals surface area contributed by atoms with E-state index in [1.165, 1.54) is 19.5 Å². The molecular formula is C29H40N4O4. The molecule has 1 aromatic carbocycles. The summed E-state index contributed by atoms with van der Waals surface area (Å²) in [7, 11) is 1.35. The summed E-state index contributed by atoms with van der Waals surface area (Å²) in [6.07, 6.45) is 6.22. The minimum atomic E-state index is -1.07. The number of aromatic amines is 1. The molecule has 1 aromatic heterocycles. The quantitative estimate of drug-likeness (QED) is 0.330. The van der Waals surface area contributed by atoms with E-state index in [1.54, 1.807) is 33.9 Å². The highest BCUT2D eigenvalue weighted by Crippen LogP contribution is 2.25. The van der Waals surface area contributed by atoms with Crippen molar-refractivity contribution in [2.24, 2.45) is 17.8 Å². The Hall–Kier alpha value is -3.68. The first-order valence-electron chi connectivity index (χ1n) is 12.6. The number of nitrogens with zero attached hydrogens (tertiary/aromatic N) is 1. The van der Waals surface area contributed by atoms with Gasteiger partial charge in [-0.05, 0) is 37.8 Å². The Labute approximate surface area is 219 Å². The van der Waals surface area contributed by atoms with Gasteiger partial charge in [0.1, 0.15) is 12.0 Å². The molecule has 0 aliphatic carbocycles. The SMILES string of the molecule is CC(=O)NC(C(=O)N(C)C(=O)C(C(=O)N/C=C\c1c(CC=C(C)C)[nH]c2ccccc12)C(C)C)C(C)C. The highest BCUT2D eigenvalue weighted by atomic mass is 16.2. The first-order valence-corrected chi connectivity index (χ1v) is 12.6. The van der Waals surface area contributed by atoms with Gasteiger partial charge in [-0.1, -0.05) is 57.5 Å². The van der Waals surface area contributed by atoms with Gasteiger partial charge in [-0.3, -0.25) is 24.1 Å². The molecule has 0 spiro atoms. The normalized spacial score (nSPS) is 13.0. The van der Waals surface area contributed by atoms with Crippen molar-refractivity contribution in [2.45, 2.75) is 60.9 Å². The van der Waals surface area contributed by atoms with E-state index in [0.29, 0.717) is 0 Å². The Balaban J connectivity index is 2.25. The molecule has 0 radical (unpaired) electrons. The highest BCUT2D eigenvalue weighted by Gasteiger charge is 2.37. The fraction of sp³-hybridized carbons (Fsp3) is 0.448.